The Hall–Kier alpha value is -0.390. The first-order valence-corrected chi connectivity index (χ1v) is 20.8. The molecule has 0 radical (unpaired) electrons. The molecule has 0 aromatic carbocycles. The van der Waals surface area contributed by atoms with Crippen LogP contribution in [0.2, 0.25) is 0 Å². The maximum atomic E-state index is 12.1. The van der Waals surface area contributed by atoms with Gasteiger partial charge >= 0.3 is 31.2 Å². The van der Waals surface area contributed by atoms with Gasteiger partial charge in [-0.2, -0.15) is 25.3 Å². The molecule has 4 saturated carbocycles. The van der Waals surface area contributed by atoms with Crippen molar-refractivity contribution in [2.75, 3.05) is 0 Å². The first-order chi connectivity index (χ1) is 20.8. The molecule has 0 amide bonds. The van der Waals surface area contributed by atoms with Gasteiger partial charge in [0, 0.05) is 0 Å². The Morgan fingerprint density at radius 1 is 0.696 bits per heavy atom. The third-order valence-corrected chi connectivity index (χ3v) is 15.4. The van der Waals surface area contributed by atoms with E-state index in [-0.39, 0.29) is 41.4 Å². The smallest absolute Gasteiger partial charge is 0.264 e. The molecule has 0 bridgehead atoms. The normalized spacial score (nSPS) is 40.2. The molecule has 0 heterocycles. The first kappa shape index (κ1) is 38.4. The fourth-order valence-electron chi connectivity index (χ4n) is 10.7. The van der Waals surface area contributed by atoms with Crippen molar-refractivity contribution in [3.8, 4) is 0 Å². The van der Waals surface area contributed by atoms with Crippen LogP contribution in [-0.2, 0) is 43.7 Å². The van der Waals surface area contributed by atoms with Gasteiger partial charge in [-0.25, -0.2) is 12.5 Å². The summed E-state index contributed by atoms with van der Waals surface area (Å²) in [6.07, 6.45) is 1.90. The summed E-state index contributed by atoms with van der Waals surface area (Å²) >= 11 is 0. The number of hydrogen-bond donors (Lipinski definition) is 3. The fraction of sp³-hybridized carbons (Fsp3) is 1.00. The predicted molar refractivity (Wildman–Crippen MR) is 171 cm³/mol. The van der Waals surface area contributed by atoms with Crippen LogP contribution in [0.25, 0.3) is 0 Å². The van der Waals surface area contributed by atoms with E-state index in [2.05, 4.69) is 48.5 Å². The van der Waals surface area contributed by atoms with Crippen molar-refractivity contribution < 1.29 is 51.5 Å². The summed E-state index contributed by atoms with van der Waals surface area (Å²) in [6, 6.07) is 0. The summed E-state index contributed by atoms with van der Waals surface area (Å²) in [4.78, 5) is 0. The SMILES string of the molecule is CC(CCC(C)C(C)(C)C(C)C)C1CCC2C3CC(OS(=O)(=O)O)C4CC(OS(=O)(=O)O)C(OS(=O)(=O)O)CC4(C)C3CCC12C. The summed E-state index contributed by atoms with van der Waals surface area (Å²) in [5.74, 6) is 1.65. The van der Waals surface area contributed by atoms with Gasteiger partial charge in [0.05, 0.1) is 6.10 Å². The van der Waals surface area contributed by atoms with E-state index >= 15 is 0 Å². The largest absolute Gasteiger partial charge is 0.397 e. The molecule has 4 rings (SSSR count). The van der Waals surface area contributed by atoms with Gasteiger partial charge in [-0.1, -0.05) is 61.8 Å². The van der Waals surface area contributed by atoms with Crippen LogP contribution < -0.4 is 0 Å². The monoisotopic (exact) mass is 716 g/mol. The van der Waals surface area contributed by atoms with E-state index in [4.69, 9.17) is 12.5 Å². The quantitative estimate of drug-likeness (QED) is 0.195. The molecule has 46 heavy (non-hydrogen) atoms. The average molecular weight is 717 g/mol. The highest BCUT2D eigenvalue weighted by atomic mass is 32.3. The van der Waals surface area contributed by atoms with Crippen molar-refractivity contribution in [3.63, 3.8) is 0 Å². The molecule has 4 aliphatic carbocycles. The molecular formula is C31H56O12S3. The Morgan fingerprint density at radius 2 is 1.22 bits per heavy atom. The van der Waals surface area contributed by atoms with Crippen LogP contribution in [0.3, 0.4) is 0 Å². The topological polar surface area (TPSA) is 191 Å². The minimum Gasteiger partial charge on any atom is -0.264 e. The van der Waals surface area contributed by atoms with Gasteiger partial charge in [0.15, 0.2) is 0 Å². The molecule has 12 unspecified atom stereocenters. The second-order valence-electron chi connectivity index (χ2n) is 16.5. The van der Waals surface area contributed by atoms with Crippen molar-refractivity contribution in [2.45, 2.75) is 131 Å². The standard InChI is InChI=1S/C31H56O12S3/c1-18(2)29(5,6)20(4)10-9-19(3)22-11-12-23-21-15-26(41-44(32,33)34)25-16-27(42-45(35,36)37)28(43-46(38,39)40)17-31(25,8)24(21)13-14-30(22,23)7/h18-28H,9-17H2,1-8H3,(H,32,33,34)(H,35,36,37)(H,38,39,40). The van der Waals surface area contributed by atoms with E-state index in [0.29, 0.717) is 30.1 Å². The maximum absolute atomic E-state index is 12.1. The van der Waals surface area contributed by atoms with Crippen LogP contribution in [0, 0.1) is 63.6 Å². The second kappa shape index (κ2) is 13.1. The van der Waals surface area contributed by atoms with E-state index in [1.54, 1.807) is 0 Å². The zero-order chi connectivity index (χ0) is 34.8. The van der Waals surface area contributed by atoms with Crippen molar-refractivity contribution >= 4 is 31.2 Å². The summed E-state index contributed by atoms with van der Waals surface area (Å²) in [5.41, 5.74) is -0.590. The van der Waals surface area contributed by atoms with Crippen LogP contribution in [0.4, 0.5) is 0 Å². The van der Waals surface area contributed by atoms with Gasteiger partial charge in [0.2, 0.25) is 0 Å². The minimum absolute atomic E-state index is 0.00115. The number of fused-ring (bicyclic) bond motifs is 5. The van der Waals surface area contributed by atoms with Gasteiger partial charge in [0.25, 0.3) is 0 Å². The molecule has 12 nitrogen and oxygen atoms in total. The Balaban J connectivity index is 1.64. The molecule has 0 aliphatic heterocycles. The van der Waals surface area contributed by atoms with Crippen LogP contribution in [0.5, 0.6) is 0 Å². The number of hydrogen-bond acceptors (Lipinski definition) is 9. The molecule has 0 spiro atoms. The second-order valence-corrected chi connectivity index (χ2v) is 19.7. The fourth-order valence-corrected chi connectivity index (χ4v) is 12.2. The van der Waals surface area contributed by atoms with E-state index < -0.39 is 60.8 Å². The minimum atomic E-state index is -5.07. The van der Waals surface area contributed by atoms with E-state index in [9.17, 15) is 38.9 Å². The lowest BCUT2D eigenvalue weighted by Gasteiger charge is -2.63. The predicted octanol–water partition coefficient (Wildman–Crippen LogP) is 6.16. The lowest BCUT2D eigenvalue weighted by Crippen LogP contribution is -2.62. The van der Waals surface area contributed by atoms with E-state index in [1.165, 1.54) is 0 Å². The molecular weight excluding hydrogens is 661 g/mol. The average Bonchev–Trinajstić information content (AvgIpc) is 3.22. The summed E-state index contributed by atoms with van der Waals surface area (Å²) < 4.78 is 115. The third kappa shape index (κ3) is 7.98. The number of rotatable bonds is 12. The Bertz CT molecular complexity index is 1430. The summed E-state index contributed by atoms with van der Waals surface area (Å²) in [6.45, 7) is 18.2. The van der Waals surface area contributed by atoms with Crippen LogP contribution >= 0.6 is 0 Å². The molecule has 4 aliphatic rings. The molecule has 3 N–H and O–H groups in total. The highest BCUT2D eigenvalue weighted by Gasteiger charge is 2.65. The van der Waals surface area contributed by atoms with Crippen LogP contribution in [0.15, 0.2) is 0 Å². The van der Waals surface area contributed by atoms with Crippen LogP contribution in [0.1, 0.15) is 113 Å². The van der Waals surface area contributed by atoms with E-state index in [1.807, 2.05) is 6.92 Å². The molecule has 270 valence electrons. The van der Waals surface area contributed by atoms with Crippen molar-refractivity contribution in [2.24, 2.45) is 63.6 Å². The van der Waals surface area contributed by atoms with Crippen LogP contribution in [-0.4, -0.2) is 57.2 Å². The zero-order valence-electron chi connectivity index (χ0n) is 28.5. The molecule has 0 saturated heterocycles. The Morgan fingerprint density at radius 3 is 1.76 bits per heavy atom. The molecule has 15 heteroatoms. The highest BCUT2D eigenvalue weighted by Crippen LogP contribution is 2.69. The van der Waals surface area contributed by atoms with Gasteiger partial charge in [-0.3, -0.25) is 13.7 Å². The van der Waals surface area contributed by atoms with Gasteiger partial charge in [0.1, 0.15) is 12.2 Å². The third-order valence-electron chi connectivity index (χ3n) is 13.9. The molecule has 0 aromatic rings. The molecule has 0 aromatic heterocycles. The van der Waals surface area contributed by atoms with Crippen molar-refractivity contribution in [3.05, 3.63) is 0 Å². The van der Waals surface area contributed by atoms with Gasteiger partial charge < -0.3 is 0 Å². The Kier molecular flexibility index (Phi) is 10.9. The van der Waals surface area contributed by atoms with E-state index in [0.717, 1.165) is 38.5 Å². The Labute approximate surface area is 277 Å². The molecule has 12 atom stereocenters. The highest BCUT2D eigenvalue weighted by molar-refractivity contribution is 7.81. The zero-order valence-corrected chi connectivity index (χ0v) is 30.9. The first-order valence-electron chi connectivity index (χ1n) is 16.8. The van der Waals surface area contributed by atoms with Gasteiger partial charge in [-0.15, -0.1) is 0 Å². The maximum Gasteiger partial charge on any atom is 0.397 e. The van der Waals surface area contributed by atoms with Crippen molar-refractivity contribution in [1.82, 2.24) is 0 Å². The summed E-state index contributed by atoms with van der Waals surface area (Å²) in [7, 11) is -15.0. The van der Waals surface area contributed by atoms with Gasteiger partial charge in [-0.05, 0) is 115 Å². The summed E-state index contributed by atoms with van der Waals surface area (Å²) in [5, 5.41) is 0. The lowest BCUT2D eigenvalue weighted by molar-refractivity contribution is -0.184. The molecule has 4 fully saturated rings. The van der Waals surface area contributed by atoms with Crippen molar-refractivity contribution in [1.29, 1.82) is 0 Å². The lowest BCUT2D eigenvalue weighted by atomic mass is 9.43.